The molecular weight excluding hydrogens is 251 g/mol. The van der Waals surface area contributed by atoms with E-state index in [9.17, 15) is 9.50 Å². The molecule has 2 atom stereocenters. The molecule has 2 rings (SSSR count). The Labute approximate surface area is 89.8 Å². The van der Waals surface area contributed by atoms with Crippen LogP contribution >= 0.6 is 15.9 Å². The topological polar surface area (TPSA) is 29.5 Å². The molecule has 1 aromatic carbocycles. The van der Waals surface area contributed by atoms with Gasteiger partial charge in [-0.25, -0.2) is 4.39 Å². The second-order valence-electron chi connectivity index (χ2n) is 3.31. The van der Waals surface area contributed by atoms with E-state index in [1.807, 2.05) is 6.92 Å². The molecular formula is C10H10BrFO2. The van der Waals surface area contributed by atoms with Gasteiger partial charge in [-0.3, -0.25) is 0 Å². The molecule has 0 saturated heterocycles. The number of fused-ring (bicyclic) bond motifs is 1. The molecule has 1 aromatic rings. The van der Waals surface area contributed by atoms with Gasteiger partial charge in [0.15, 0.2) is 0 Å². The fourth-order valence-corrected chi connectivity index (χ4v) is 1.93. The molecule has 1 aliphatic rings. The Bertz CT molecular complexity index is 367. The molecule has 1 N–H and O–H groups in total. The van der Waals surface area contributed by atoms with Crippen molar-refractivity contribution in [2.24, 2.45) is 0 Å². The summed E-state index contributed by atoms with van der Waals surface area (Å²) >= 11 is 3.07. The fourth-order valence-electron chi connectivity index (χ4n) is 1.61. The number of rotatable bonds is 1. The Morgan fingerprint density at radius 1 is 1.57 bits per heavy atom. The molecule has 0 bridgehead atoms. The van der Waals surface area contributed by atoms with E-state index in [1.165, 1.54) is 6.07 Å². The molecule has 0 spiro atoms. The van der Waals surface area contributed by atoms with Crippen molar-refractivity contribution in [1.29, 1.82) is 0 Å². The van der Waals surface area contributed by atoms with Crippen LogP contribution in [-0.4, -0.2) is 11.2 Å². The van der Waals surface area contributed by atoms with Gasteiger partial charge in [0.1, 0.15) is 23.8 Å². The summed E-state index contributed by atoms with van der Waals surface area (Å²) < 4.78 is 19.0. The molecule has 0 radical (unpaired) electrons. The van der Waals surface area contributed by atoms with Crippen LogP contribution in [0.1, 0.15) is 25.0 Å². The van der Waals surface area contributed by atoms with Gasteiger partial charge in [0.2, 0.25) is 0 Å². The van der Waals surface area contributed by atoms with Gasteiger partial charge in [-0.1, -0.05) is 6.92 Å². The van der Waals surface area contributed by atoms with E-state index in [4.69, 9.17) is 4.74 Å². The van der Waals surface area contributed by atoms with E-state index < -0.39 is 6.10 Å². The second kappa shape index (κ2) is 3.51. The molecule has 2 nitrogen and oxygen atoms in total. The zero-order valence-corrected chi connectivity index (χ0v) is 9.21. The minimum Gasteiger partial charge on any atom is -0.487 e. The van der Waals surface area contributed by atoms with E-state index in [0.29, 0.717) is 22.2 Å². The zero-order chi connectivity index (χ0) is 10.3. The summed E-state index contributed by atoms with van der Waals surface area (Å²) in [6, 6.07) is 2.88. The number of ether oxygens (including phenoxy) is 1. The maximum Gasteiger partial charge on any atom is 0.138 e. The summed E-state index contributed by atoms with van der Waals surface area (Å²) in [5, 5.41) is 9.75. The highest BCUT2D eigenvalue weighted by atomic mass is 79.9. The van der Waals surface area contributed by atoms with Crippen LogP contribution < -0.4 is 4.74 Å². The number of aliphatic hydroxyl groups is 1. The predicted octanol–water partition coefficient (Wildman–Crippen LogP) is 2.79. The summed E-state index contributed by atoms with van der Waals surface area (Å²) in [6.07, 6.45) is -0.258. The maximum absolute atomic E-state index is 13.2. The third-order valence-corrected chi connectivity index (χ3v) is 3.01. The van der Waals surface area contributed by atoms with Crippen LogP contribution in [0.15, 0.2) is 16.6 Å². The van der Waals surface area contributed by atoms with E-state index in [-0.39, 0.29) is 11.9 Å². The van der Waals surface area contributed by atoms with Gasteiger partial charge in [-0.2, -0.15) is 0 Å². The average Bonchev–Trinajstić information content (AvgIpc) is 2.45. The van der Waals surface area contributed by atoms with E-state index >= 15 is 0 Å². The summed E-state index contributed by atoms with van der Waals surface area (Å²) in [4.78, 5) is 0. The van der Waals surface area contributed by atoms with Crippen LogP contribution in [0.2, 0.25) is 0 Å². The number of benzene rings is 1. The lowest BCUT2D eigenvalue weighted by atomic mass is 10.1. The van der Waals surface area contributed by atoms with Gasteiger partial charge in [0.05, 0.1) is 4.47 Å². The van der Waals surface area contributed by atoms with E-state index in [2.05, 4.69) is 15.9 Å². The third kappa shape index (κ3) is 1.42. The third-order valence-electron chi connectivity index (χ3n) is 2.40. The SMILES string of the molecule is CCC1Oc2cc(Br)c(F)cc2C1O. The van der Waals surface area contributed by atoms with Crippen LogP contribution in [0, 0.1) is 5.82 Å². The largest absolute Gasteiger partial charge is 0.487 e. The molecule has 0 amide bonds. The first-order valence-corrected chi connectivity index (χ1v) is 5.26. The molecule has 0 saturated carbocycles. The molecule has 4 heteroatoms. The standard InChI is InChI=1S/C10H10BrFO2/c1-2-8-10(13)5-3-7(12)6(11)4-9(5)14-8/h3-4,8,10,13H,2H2,1H3. The molecule has 76 valence electrons. The number of hydrogen-bond donors (Lipinski definition) is 1. The average molecular weight is 261 g/mol. The highest BCUT2D eigenvalue weighted by Crippen LogP contribution is 2.40. The van der Waals surface area contributed by atoms with Crippen LogP contribution in [0.5, 0.6) is 5.75 Å². The quantitative estimate of drug-likeness (QED) is 0.842. The first-order chi connectivity index (χ1) is 6.63. The highest BCUT2D eigenvalue weighted by Gasteiger charge is 2.32. The maximum atomic E-state index is 13.2. The van der Waals surface area contributed by atoms with Crippen LogP contribution in [0.4, 0.5) is 4.39 Å². The molecule has 2 unspecified atom stereocenters. The van der Waals surface area contributed by atoms with Crippen molar-refractivity contribution in [2.75, 3.05) is 0 Å². The van der Waals surface area contributed by atoms with Crippen molar-refractivity contribution in [1.82, 2.24) is 0 Å². The van der Waals surface area contributed by atoms with E-state index in [1.54, 1.807) is 6.07 Å². The minimum absolute atomic E-state index is 0.251. The summed E-state index contributed by atoms with van der Waals surface area (Å²) in [7, 11) is 0. The van der Waals surface area contributed by atoms with Crippen LogP contribution in [0.3, 0.4) is 0 Å². The minimum atomic E-state index is -0.711. The van der Waals surface area contributed by atoms with Crippen molar-refractivity contribution in [3.8, 4) is 5.75 Å². The molecule has 0 aliphatic carbocycles. The van der Waals surface area contributed by atoms with Crippen molar-refractivity contribution in [3.63, 3.8) is 0 Å². The molecule has 0 aromatic heterocycles. The monoisotopic (exact) mass is 260 g/mol. The zero-order valence-electron chi connectivity index (χ0n) is 7.63. The smallest absolute Gasteiger partial charge is 0.138 e. The first kappa shape index (κ1) is 9.93. The molecule has 14 heavy (non-hydrogen) atoms. The fraction of sp³-hybridized carbons (Fsp3) is 0.400. The van der Waals surface area contributed by atoms with Gasteiger partial charge < -0.3 is 9.84 Å². The number of hydrogen-bond acceptors (Lipinski definition) is 2. The summed E-state index contributed by atoms with van der Waals surface area (Å²) in [5.74, 6) is 0.195. The van der Waals surface area contributed by atoms with Crippen molar-refractivity contribution < 1.29 is 14.2 Å². The Morgan fingerprint density at radius 2 is 2.29 bits per heavy atom. The van der Waals surface area contributed by atoms with Gasteiger partial charge in [0.25, 0.3) is 0 Å². The van der Waals surface area contributed by atoms with Crippen molar-refractivity contribution >= 4 is 15.9 Å². The van der Waals surface area contributed by atoms with Crippen molar-refractivity contribution in [3.05, 3.63) is 28.0 Å². The first-order valence-electron chi connectivity index (χ1n) is 4.47. The lowest BCUT2D eigenvalue weighted by molar-refractivity contribution is 0.0653. The van der Waals surface area contributed by atoms with Gasteiger partial charge in [-0.05, 0) is 34.5 Å². The number of halogens is 2. The van der Waals surface area contributed by atoms with Crippen molar-refractivity contribution in [2.45, 2.75) is 25.6 Å². The Morgan fingerprint density at radius 3 is 2.93 bits per heavy atom. The highest BCUT2D eigenvalue weighted by molar-refractivity contribution is 9.10. The van der Waals surface area contributed by atoms with Gasteiger partial charge in [-0.15, -0.1) is 0 Å². The van der Waals surface area contributed by atoms with Crippen LogP contribution in [0.25, 0.3) is 0 Å². The molecule has 1 heterocycles. The van der Waals surface area contributed by atoms with Gasteiger partial charge >= 0.3 is 0 Å². The second-order valence-corrected chi connectivity index (χ2v) is 4.17. The molecule has 1 aliphatic heterocycles. The predicted molar refractivity (Wildman–Crippen MR) is 53.8 cm³/mol. The number of aliphatic hydroxyl groups excluding tert-OH is 1. The van der Waals surface area contributed by atoms with Gasteiger partial charge in [0, 0.05) is 5.56 Å². The summed E-state index contributed by atoms with van der Waals surface area (Å²) in [6.45, 7) is 1.92. The lowest BCUT2D eigenvalue weighted by Crippen LogP contribution is -2.16. The van der Waals surface area contributed by atoms with Crippen LogP contribution in [-0.2, 0) is 0 Å². The Balaban J connectivity index is 2.44. The molecule has 0 fully saturated rings. The van der Waals surface area contributed by atoms with E-state index in [0.717, 1.165) is 0 Å². The lowest BCUT2D eigenvalue weighted by Gasteiger charge is -2.10. The Kier molecular flexibility index (Phi) is 2.49. The summed E-state index contributed by atoms with van der Waals surface area (Å²) in [5.41, 5.74) is 0.539. The normalized spacial score (nSPS) is 24.6. The Hall–Kier alpha value is -0.610.